The number of methoxy groups -OCH3 is 1. The fourth-order valence-corrected chi connectivity index (χ4v) is 9.61. The first-order valence-electron chi connectivity index (χ1n) is 15.2. The fraction of sp³-hybridized carbons (Fsp3) is 0.351. The molecule has 3 aromatic rings. The third-order valence-electron chi connectivity index (χ3n) is 7.10. The number of rotatable bonds is 13. The Morgan fingerprint density at radius 3 is 1.82 bits per heavy atom. The molecule has 3 aromatic carbocycles. The van der Waals surface area contributed by atoms with Crippen molar-refractivity contribution in [2.75, 3.05) is 13.7 Å². The van der Waals surface area contributed by atoms with Crippen LogP contribution in [0, 0.1) is 0 Å². The van der Waals surface area contributed by atoms with Gasteiger partial charge in [-0.25, -0.2) is 9.59 Å². The molecule has 0 fully saturated rings. The van der Waals surface area contributed by atoms with Gasteiger partial charge in [0, 0.05) is 6.08 Å². The second-order valence-electron chi connectivity index (χ2n) is 12.7. The van der Waals surface area contributed by atoms with Crippen molar-refractivity contribution in [3.8, 4) is 0 Å². The quantitative estimate of drug-likeness (QED) is 0.103. The summed E-state index contributed by atoms with van der Waals surface area (Å²) in [5.74, 6) is -0.529. The maximum absolute atomic E-state index is 13.0. The van der Waals surface area contributed by atoms with Crippen LogP contribution in [0.15, 0.2) is 115 Å². The Bertz CT molecular complexity index is 1360. The third kappa shape index (κ3) is 10.6. The van der Waals surface area contributed by atoms with Gasteiger partial charge in [0.1, 0.15) is 11.7 Å². The van der Waals surface area contributed by atoms with Crippen molar-refractivity contribution in [2.45, 2.75) is 70.9 Å². The molecule has 3 rings (SSSR count). The Balaban J connectivity index is 1.96. The number of carbonyl (C=O) groups excluding carboxylic acids is 2. The molecule has 0 saturated heterocycles. The van der Waals surface area contributed by atoms with Gasteiger partial charge in [0.15, 0.2) is 0 Å². The average molecular weight is 630 g/mol. The van der Waals surface area contributed by atoms with Crippen LogP contribution in [0.4, 0.5) is 4.79 Å². The number of amides is 1. The number of hydrogen-bond donors (Lipinski definition) is 1. The Labute approximate surface area is 269 Å². The minimum atomic E-state index is -2.78. The molecule has 0 radical (unpaired) electrons. The van der Waals surface area contributed by atoms with Gasteiger partial charge in [-0.05, 0) is 47.8 Å². The van der Waals surface area contributed by atoms with Crippen LogP contribution in [0.25, 0.3) is 0 Å². The van der Waals surface area contributed by atoms with Crippen molar-refractivity contribution < 1.29 is 28.2 Å². The Kier molecular flexibility index (Phi) is 12.9. The van der Waals surface area contributed by atoms with Crippen LogP contribution < -0.4 is 15.7 Å². The fourth-order valence-electron chi connectivity index (χ4n) is 5.11. The molecule has 0 aliphatic rings. The summed E-state index contributed by atoms with van der Waals surface area (Å²) in [4.78, 5) is 25.0. The highest BCUT2D eigenvalue weighted by Gasteiger charge is 2.49. The van der Waals surface area contributed by atoms with E-state index in [4.69, 9.17) is 18.6 Å². The highest BCUT2D eigenvalue weighted by molar-refractivity contribution is 6.99. The number of carbonyl (C=O) groups is 2. The molecule has 0 bridgehead atoms. The predicted molar refractivity (Wildman–Crippen MR) is 182 cm³/mol. The molecule has 7 nitrogen and oxygen atoms in total. The summed E-state index contributed by atoms with van der Waals surface area (Å²) in [6, 6.07) is 29.8. The van der Waals surface area contributed by atoms with Gasteiger partial charge in [-0.3, -0.25) is 0 Å². The highest BCUT2D eigenvalue weighted by atomic mass is 28.4. The Morgan fingerprint density at radius 2 is 1.33 bits per heavy atom. The summed E-state index contributed by atoms with van der Waals surface area (Å²) >= 11 is 0. The minimum absolute atomic E-state index is 0.192. The zero-order chi connectivity index (χ0) is 32.9. The Morgan fingerprint density at radius 1 is 0.800 bits per heavy atom. The van der Waals surface area contributed by atoms with Gasteiger partial charge in [0.05, 0.1) is 26.4 Å². The van der Waals surface area contributed by atoms with Crippen molar-refractivity contribution in [2.24, 2.45) is 0 Å². The standard InChI is InChI=1S/C37H47NO6Si/c1-36(2,3)44-35(40)38-32(33(25-26-34(39)41-7)42-28-29-18-11-8-12-19-29)24-17-27-43-45(37(4,5)6,30-20-13-9-14-21-30)31-22-15-10-16-23-31/h8-26,32-33H,27-28H2,1-7H3,(H,38,40)/b24-17-,26-25-/t32-,33-/m0/s1. The third-order valence-corrected chi connectivity index (χ3v) is 12.1. The van der Waals surface area contributed by atoms with Crippen molar-refractivity contribution in [1.29, 1.82) is 0 Å². The van der Waals surface area contributed by atoms with E-state index in [1.54, 1.807) is 26.8 Å². The van der Waals surface area contributed by atoms with Gasteiger partial charge in [-0.15, -0.1) is 0 Å². The van der Waals surface area contributed by atoms with Gasteiger partial charge < -0.3 is 24.0 Å². The van der Waals surface area contributed by atoms with Crippen LogP contribution in [0.5, 0.6) is 0 Å². The maximum Gasteiger partial charge on any atom is 0.408 e. The minimum Gasteiger partial charge on any atom is -0.466 e. The second kappa shape index (κ2) is 16.4. The van der Waals surface area contributed by atoms with Crippen molar-refractivity contribution in [3.63, 3.8) is 0 Å². The molecule has 1 N–H and O–H groups in total. The molecule has 1 amide bonds. The van der Waals surface area contributed by atoms with Gasteiger partial charge in [0.2, 0.25) is 0 Å². The van der Waals surface area contributed by atoms with Gasteiger partial charge in [-0.1, -0.05) is 124 Å². The van der Waals surface area contributed by atoms with Gasteiger partial charge >= 0.3 is 12.1 Å². The van der Waals surface area contributed by atoms with Crippen LogP contribution in [0.3, 0.4) is 0 Å². The molecule has 0 unspecified atom stereocenters. The average Bonchev–Trinajstić information content (AvgIpc) is 3.00. The molecule has 0 spiro atoms. The first-order valence-corrected chi connectivity index (χ1v) is 17.1. The summed E-state index contributed by atoms with van der Waals surface area (Å²) < 4.78 is 23.6. The molecular weight excluding hydrogens is 582 g/mol. The van der Waals surface area contributed by atoms with Crippen LogP contribution in [0.1, 0.15) is 47.1 Å². The van der Waals surface area contributed by atoms with E-state index >= 15 is 0 Å². The Hall–Kier alpha value is -3.98. The number of benzene rings is 3. The summed E-state index contributed by atoms with van der Waals surface area (Å²) in [6.45, 7) is 12.6. The molecule has 8 heteroatoms. The smallest absolute Gasteiger partial charge is 0.408 e. The number of nitrogens with one attached hydrogen (secondary N) is 1. The largest absolute Gasteiger partial charge is 0.466 e. The molecule has 240 valence electrons. The highest BCUT2D eigenvalue weighted by Crippen LogP contribution is 2.36. The zero-order valence-electron chi connectivity index (χ0n) is 27.5. The van der Waals surface area contributed by atoms with E-state index in [9.17, 15) is 9.59 Å². The lowest BCUT2D eigenvalue weighted by atomic mass is 10.1. The first-order chi connectivity index (χ1) is 21.4. The van der Waals surface area contributed by atoms with Crippen molar-refractivity contribution >= 4 is 30.8 Å². The van der Waals surface area contributed by atoms with Crippen LogP contribution in [-0.4, -0.2) is 51.8 Å². The molecule has 2 atom stereocenters. The molecule has 0 heterocycles. The number of esters is 1. The van der Waals surface area contributed by atoms with Gasteiger partial charge in [-0.2, -0.15) is 0 Å². The number of hydrogen-bond acceptors (Lipinski definition) is 6. The first kappa shape index (κ1) is 35.5. The van der Waals surface area contributed by atoms with Crippen LogP contribution >= 0.6 is 0 Å². The van der Waals surface area contributed by atoms with Crippen molar-refractivity contribution in [3.05, 3.63) is 121 Å². The van der Waals surface area contributed by atoms with Gasteiger partial charge in [0.25, 0.3) is 8.32 Å². The zero-order valence-corrected chi connectivity index (χ0v) is 28.5. The topological polar surface area (TPSA) is 83.1 Å². The summed E-state index contributed by atoms with van der Waals surface area (Å²) in [7, 11) is -1.47. The number of alkyl carbamates (subject to hydrolysis) is 1. The van der Waals surface area contributed by atoms with E-state index < -0.39 is 38.1 Å². The van der Waals surface area contributed by atoms with E-state index in [0.29, 0.717) is 0 Å². The molecular formula is C37H47NO6Si. The molecule has 0 saturated carbocycles. The van der Waals surface area contributed by atoms with E-state index in [0.717, 1.165) is 5.56 Å². The monoisotopic (exact) mass is 629 g/mol. The second-order valence-corrected chi connectivity index (χ2v) is 17.0. The predicted octanol–water partition coefficient (Wildman–Crippen LogP) is 6.33. The van der Waals surface area contributed by atoms with E-state index in [2.05, 4.69) is 50.4 Å². The molecule has 0 aromatic heterocycles. The molecule has 45 heavy (non-hydrogen) atoms. The van der Waals surface area contributed by atoms with E-state index in [1.807, 2.05) is 78.9 Å². The normalized spacial score (nSPS) is 13.8. The summed E-state index contributed by atoms with van der Waals surface area (Å²) in [5.41, 5.74) is 0.247. The van der Waals surface area contributed by atoms with E-state index in [-0.39, 0.29) is 18.3 Å². The summed E-state index contributed by atoms with van der Waals surface area (Å²) in [5, 5.41) is 5.07. The lowest BCUT2D eigenvalue weighted by Crippen LogP contribution is -2.66. The number of ether oxygens (including phenoxy) is 3. The van der Waals surface area contributed by atoms with E-state index in [1.165, 1.54) is 23.6 Å². The SMILES string of the molecule is COC(=O)/C=C\[C@H](OCc1ccccc1)[C@H](/C=C\CO[Si](c1ccccc1)(c1ccccc1)C(C)(C)C)NC(=O)OC(C)(C)C. The van der Waals surface area contributed by atoms with Crippen LogP contribution in [-0.2, 0) is 30.0 Å². The van der Waals surface area contributed by atoms with Crippen molar-refractivity contribution in [1.82, 2.24) is 5.32 Å². The molecule has 0 aliphatic carbocycles. The lowest BCUT2D eigenvalue weighted by Gasteiger charge is -2.42. The maximum atomic E-state index is 13.0. The molecule has 0 aliphatic heterocycles. The summed E-state index contributed by atoms with van der Waals surface area (Å²) in [6.07, 6.45) is 5.28. The lowest BCUT2D eigenvalue weighted by molar-refractivity contribution is -0.134. The van der Waals surface area contributed by atoms with Crippen LogP contribution in [0.2, 0.25) is 5.04 Å².